The number of aromatic nitrogens is 4. The van der Waals surface area contributed by atoms with Crippen LogP contribution in [0.15, 0.2) is 60.8 Å². The van der Waals surface area contributed by atoms with Gasteiger partial charge >= 0.3 is 0 Å². The molecule has 4 aromatic rings. The number of nitrogens with zero attached hydrogens (tertiary/aromatic N) is 4. The Morgan fingerprint density at radius 2 is 1.57 bits per heavy atom. The highest BCUT2D eigenvalue weighted by Gasteiger charge is 2.43. The zero-order chi connectivity index (χ0) is 37.6. The van der Waals surface area contributed by atoms with Gasteiger partial charge in [-0.25, -0.2) is 18.6 Å². The van der Waals surface area contributed by atoms with Gasteiger partial charge in [0.1, 0.15) is 0 Å². The second-order valence-electron chi connectivity index (χ2n) is 18.4. The summed E-state index contributed by atoms with van der Waals surface area (Å²) in [5.74, 6) is 1.02. The molecule has 1 fully saturated rings. The molecule has 0 amide bonds. The van der Waals surface area contributed by atoms with E-state index in [-0.39, 0.29) is 28.1 Å². The van der Waals surface area contributed by atoms with E-state index in [1.54, 1.807) is 0 Å². The summed E-state index contributed by atoms with van der Waals surface area (Å²) >= 11 is 0. The lowest BCUT2D eigenvalue weighted by Gasteiger charge is -2.38. The zero-order valence-electron chi connectivity index (χ0n) is 33.3. The number of fused-ring (bicyclic) bond motifs is 1. The van der Waals surface area contributed by atoms with Gasteiger partial charge in [0.25, 0.3) is 0 Å². The summed E-state index contributed by atoms with van der Waals surface area (Å²) in [5.41, 5.74) is 4.62. The van der Waals surface area contributed by atoms with Crippen LogP contribution < -0.4 is 4.72 Å². The molecule has 4 atom stereocenters. The van der Waals surface area contributed by atoms with Gasteiger partial charge in [0.05, 0.1) is 57.2 Å². The molecular formula is C40H61N5O3SSi2. The lowest BCUT2D eigenvalue weighted by molar-refractivity contribution is 0.179. The Hall–Kier alpha value is -2.55. The zero-order valence-corrected chi connectivity index (χ0v) is 36.1. The molecule has 0 bridgehead atoms. The molecule has 0 spiro atoms. The van der Waals surface area contributed by atoms with Crippen LogP contribution in [0.4, 0.5) is 0 Å². The van der Waals surface area contributed by atoms with Crippen LogP contribution >= 0.6 is 0 Å². The topological polar surface area (TPSA) is 91.2 Å². The fourth-order valence-electron chi connectivity index (χ4n) is 5.95. The highest BCUT2D eigenvalue weighted by atomic mass is 32.2. The van der Waals surface area contributed by atoms with E-state index in [1.165, 1.54) is 0 Å². The molecule has 1 saturated carbocycles. The molecule has 278 valence electrons. The molecule has 1 N–H and O–H groups in total. The summed E-state index contributed by atoms with van der Waals surface area (Å²) in [6.45, 7) is 29.3. The summed E-state index contributed by atoms with van der Waals surface area (Å²) < 4.78 is 31.9. The van der Waals surface area contributed by atoms with Crippen molar-refractivity contribution in [1.82, 2.24) is 24.5 Å². The molecule has 4 unspecified atom stereocenters. The van der Waals surface area contributed by atoms with Crippen molar-refractivity contribution in [3.8, 4) is 17.1 Å². The maximum atomic E-state index is 13.6. The molecule has 0 radical (unpaired) electrons. The Kier molecular flexibility index (Phi) is 11.4. The third kappa shape index (κ3) is 9.16. The standard InChI is InChI=1S/C40H61N5O3SSi2/c1-38(2,3)49(46)44-37(29-22-23-32(24-29)48-51(12,13)40(7,8)9)34-18-15-17-33(43-34)28-20-21-30-26-41-45(35(30)25-28)36-19-14-16-31(42-36)27-47-50(10,11)39(4,5)6/h14-21,25-26,29,32,37,44H,22-24,27H2,1-13H3. The molecule has 51 heavy (non-hydrogen) atoms. The number of hydrogen-bond acceptors (Lipinski definition) is 6. The molecule has 1 aliphatic rings. The van der Waals surface area contributed by atoms with Gasteiger partial charge in [-0.2, -0.15) is 5.10 Å². The first-order chi connectivity index (χ1) is 23.6. The highest BCUT2D eigenvalue weighted by molar-refractivity contribution is 7.84. The van der Waals surface area contributed by atoms with Crippen molar-refractivity contribution >= 4 is 38.5 Å². The molecule has 5 rings (SSSR count). The van der Waals surface area contributed by atoms with Crippen molar-refractivity contribution in [2.24, 2.45) is 5.92 Å². The number of pyridine rings is 2. The molecule has 3 aromatic heterocycles. The van der Waals surface area contributed by atoms with Crippen LogP contribution in [0.25, 0.3) is 28.0 Å². The predicted molar refractivity (Wildman–Crippen MR) is 217 cm³/mol. The van der Waals surface area contributed by atoms with E-state index in [4.69, 9.17) is 23.9 Å². The van der Waals surface area contributed by atoms with Crippen LogP contribution in [0.1, 0.15) is 99.0 Å². The Morgan fingerprint density at radius 1 is 0.882 bits per heavy atom. The molecule has 0 saturated heterocycles. The normalized spacial score (nSPS) is 19.1. The van der Waals surface area contributed by atoms with Gasteiger partial charge in [-0.3, -0.25) is 4.98 Å². The number of nitrogens with one attached hydrogen (secondary N) is 1. The van der Waals surface area contributed by atoms with E-state index in [9.17, 15) is 4.21 Å². The van der Waals surface area contributed by atoms with E-state index in [0.717, 1.165) is 58.6 Å². The Bertz CT molecular complexity index is 1860. The Balaban J connectivity index is 1.43. The fraction of sp³-hybridized carbons (Fsp3) is 0.575. The average molecular weight is 748 g/mol. The molecule has 3 heterocycles. The van der Waals surface area contributed by atoms with Crippen molar-refractivity contribution in [2.45, 2.75) is 141 Å². The summed E-state index contributed by atoms with van der Waals surface area (Å²) in [6, 6.07) is 18.4. The third-order valence-corrected chi connectivity index (χ3v) is 21.9. The van der Waals surface area contributed by atoms with Crippen LogP contribution in [0, 0.1) is 5.92 Å². The second kappa shape index (κ2) is 14.7. The maximum absolute atomic E-state index is 13.6. The minimum atomic E-state index is -1.92. The Morgan fingerprint density at radius 3 is 2.24 bits per heavy atom. The SMILES string of the molecule is CC(C)(C)S(=O)NC(c1cccc(-c2ccc3cnn(-c4cccc(CO[Si](C)(C)C(C)(C)C)n4)c3c2)n1)C1CCC(O[Si](C)(C)C(C)(C)C)C1. The van der Waals surface area contributed by atoms with Gasteiger partial charge in [0.15, 0.2) is 22.5 Å². The third-order valence-electron chi connectivity index (χ3n) is 11.3. The van der Waals surface area contributed by atoms with Crippen molar-refractivity contribution < 1.29 is 13.1 Å². The molecule has 1 aliphatic carbocycles. The quantitative estimate of drug-likeness (QED) is 0.154. The minimum absolute atomic E-state index is 0.128. The first-order valence-electron chi connectivity index (χ1n) is 18.5. The van der Waals surface area contributed by atoms with Crippen molar-refractivity contribution in [1.29, 1.82) is 0 Å². The van der Waals surface area contributed by atoms with Gasteiger partial charge in [-0.1, -0.05) is 65.8 Å². The lowest BCUT2D eigenvalue weighted by Crippen LogP contribution is -2.43. The van der Waals surface area contributed by atoms with E-state index < -0.39 is 32.4 Å². The summed E-state index contributed by atoms with van der Waals surface area (Å²) in [7, 11) is -5.08. The fourth-order valence-corrected chi connectivity index (χ4v) is 9.19. The van der Waals surface area contributed by atoms with Crippen LogP contribution in [0.5, 0.6) is 0 Å². The molecule has 0 aliphatic heterocycles. The molecule has 11 heteroatoms. The molecule has 8 nitrogen and oxygen atoms in total. The molecule has 1 aromatic carbocycles. The maximum Gasteiger partial charge on any atom is 0.192 e. The first-order valence-corrected chi connectivity index (χ1v) is 25.4. The molecular weight excluding hydrogens is 687 g/mol. The summed E-state index contributed by atoms with van der Waals surface area (Å²) in [6.07, 6.45) is 5.03. The Labute approximate surface area is 311 Å². The second-order valence-corrected chi connectivity index (χ2v) is 29.9. The van der Waals surface area contributed by atoms with Crippen molar-refractivity contribution in [3.05, 3.63) is 72.2 Å². The smallest absolute Gasteiger partial charge is 0.192 e. The number of benzene rings is 1. The van der Waals surface area contributed by atoms with Gasteiger partial charge in [0, 0.05) is 17.1 Å². The average Bonchev–Trinajstić information content (AvgIpc) is 3.67. The van der Waals surface area contributed by atoms with Crippen LogP contribution in [-0.4, -0.2) is 51.4 Å². The van der Waals surface area contributed by atoms with Crippen molar-refractivity contribution in [2.75, 3.05) is 0 Å². The summed E-state index contributed by atoms with van der Waals surface area (Å²) in [5, 5.41) is 6.05. The van der Waals surface area contributed by atoms with Gasteiger partial charge in [-0.05, 0) is 113 Å². The van der Waals surface area contributed by atoms with Gasteiger partial charge in [0.2, 0.25) is 0 Å². The van der Waals surface area contributed by atoms with Crippen molar-refractivity contribution in [3.63, 3.8) is 0 Å². The van der Waals surface area contributed by atoms with E-state index in [2.05, 4.69) is 109 Å². The van der Waals surface area contributed by atoms with E-state index in [1.807, 2.05) is 49.8 Å². The van der Waals surface area contributed by atoms with E-state index in [0.29, 0.717) is 6.61 Å². The van der Waals surface area contributed by atoms with Crippen LogP contribution in [-0.2, 0) is 26.4 Å². The minimum Gasteiger partial charge on any atom is -0.414 e. The first kappa shape index (κ1) is 39.7. The number of hydrogen-bond donors (Lipinski definition) is 1. The number of rotatable bonds is 11. The van der Waals surface area contributed by atoms with E-state index >= 15 is 0 Å². The van der Waals surface area contributed by atoms with Gasteiger partial charge in [-0.15, -0.1) is 0 Å². The predicted octanol–water partition coefficient (Wildman–Crippen LogP) is 10.3. The highest BCUT2D eigenvalue weighted by Crippen LogP contribution is 2.43. The van der Waals surface area contributed by atoms with Gasteiger partial charge < -0.3 is 8.85 Å². The van der Waals surface area contributed by atoms with Crippen LogP contribution in [0.2, 0.25) is 36.3 Å². The summed E-state index contributed by atoms with van der Waals surface area (Å²) in [4.78, 5) is 10.2. The van der Waals surface area contributed by atoms with Crippen LogP contribution in [0.3, 0.4) is 0 Å². The monoisotopic (exact) mass is 747 g/mol. The lowest BCUT2D eigenvalue weighted by atomic mass is 9.95. The largest absolute Gasteiger partial charge is 0.414 e.